The van der Waals surface area contributed by atoms with E-state index in [9.17, 15) is 9.59 Å². The lowest BCUT2D eigenvalue weighted by Gasteiger charge is -2.18. The molecule has 7 heteroatoms. The van der Waals surface area contributed by atoms with E-state index in [2.05, 4.69) is 22.4 Å². The summed E-state index contributed by atoms with van der Waals surface area (Å²) in [6.07, 6.45) is 0. The van der Waals surface area contributed by atoms with Gasteiger partial charge in [-0.05, 0) is 44.5 Å². The van der Waals surface area contributed by atoms with Crippen LogP contribution in [0.2, 0.25) is 0 Å². The third-order valence-electron chi connectivity index (χ3n) is 5.31. The molecule has 0 aliphatic carbocycles. The minimum atomic E-state index is -0.117. The predicted octanol–water partition coefficient (Wildman–Crippen LogP) is 4.42. The molecule has 0 radical (unpaired) electrons. The van der Waals surface area contributed by atoms with Crippen LogP contribution in [0.4, 0.5) is 5.69 Å². The van der Waals surface area contributed by atoms with Crippen LogP contribution in [-0.4, -0.2) is 33.8 Å². The molecule has 6 nitrogen and oxygen atoms in total. The van der Waals surface area contributed by atoms with Crippen LogP contribution >= 0.6 is 11.3 Å². The Bertz CT molecular complexity index is 1320. The molecule has 4 aromatic rings. The second-order valence-corrected chi connectivity index (χ2v) is 9.02. The van der Waals surface area contributed by atoms with E-state index < -0.39 is 0 Å². The number of fused-ring (bicyclic) bond motifs is 1. The highest BCUT2D eigenvalue weighted by molar-refractivity contribution is 7.15. The summed E-state index contributed by atoms with van der Waals surface area (Å²) >= 11 is 1.44. The van der Waals surface area contributed by atoms with Crippen molar-refractivity contribution >= 4 is 27.9 Å². The van der Waals surface area contributed by atoms with Gasteiger partial charge in [0.25, 0.3) is 5.56 Å². The quantitative estimate of drug-likeness (QED) is 0.476. The summed E-state index contributed by atoms with van der Waals surface area (Å²) in [7, 11) is 1.85. The van der Waals surface area contributed by atoms with Crippen LogP contribution in [0.25, 0.3) is 16.2 Å². The van der Waals surface area contributed by atoms with Crippen molar-refractivity contribution in [3.05, 3.63) is 86.6 Å². The Morgan fingerprint density at radius 2 is 1.78 bits per heavy atom. The Morgan fingerprint density at radius 1 is 1.09 bits per heavy atom. The number of rotatable bonds is 6. The molecular weight excluding hydrogens is 420 g/mol. The van der Waals surface area contributed by atoms with Gasteiger partial charge in [0.05, 0.1) is 17.9 Å². The first kappa shape index (κ1) is 21.9. The van der Waals surface area contributed by atoms with E-state index in [1.165, 1.54) is 16.9 Å². The van der Waals surface area contributed by atoms with Gasteiger partial charge in [0.2, 0.25) is 5.91 Å². The molecule has 2 aromatic heterocycles. The SMILES string of the molecule is Cc1cc(C)c(NC(=O)CN(C)Cc2cc(=O)n3c(-c4ccccc4)csc3n2)c(C)c1. The standard InChI is InChI=1S/C25H26N4O2S/c1-16-10-17(2)24(18(3)11-16)27-22(30)14-28(4)13-20-12-23(31)29-21(15-32-25(29)26-20)19-8-6-5-7-9-19/h5-12,15H,13-14H2,1-4H3,(H,27,30). The number of thiazole rings is 1. The summed E-state index contributed by atoms with van der Waals surface area (Å²) in [6, 6.07) is 15.5. The smallest absolute Gasteiger partial charge is 0.259 e. The maximum Gasteiger partial charge on any atom is 0.259 e. The lowest BCUT2D eigenvalue weighted by atomic mass is 10.1. The van der Waals surface area contributed by atoms with Crippen LogP contribution in [-0.2, 0) is 11.3 Å². The van der Waals surface area contributed by atoms with Crippen molar-refractivity contribution < 1.29 is 4.79 Å². The molecule has 0 saturated heterocycles. The van der Waals surface area contributed by atoms with Crippen LogP contribution in [0.3, 0.4) is 0 Å². The number of nitrogens with zero attached hydrogens (tertiary/aromatic N) is 3. The van der Waals surface area contributed by atoms with Crippen molar-refractivity contribution in [3.8, 4) is 11.3 Å². The van der Waals surface area contributed by atoms with Crippen molar-refractivity contribution in [2.24, 2.45) is 0 Å². The Labute approximate surface area is 191 Å². The summed E-state index contributed by atoms with van der Waals surface area (Å²) < 4.78 is 1.64. The normalized spacial score (nSPS) is 11.3. The number of nitrogens with one attached hydrogen (secondary N) is 1. The summed E-state index contributed by atoms with van der Waals surface area (Å²) in [4.78, 5) is 32.6. The van der Waals surface area contributed by atoms with Crippen molar-refractivity contribution in [2.45, 2.75) is 27.3 Å². The van der Waals surface area contributed by atoms with Crippen LogP contribution in [0.5, 0.6) is 0 Å². The van der Waals surface area contributed by atoms with Gasteiger partial charge in [-0.2, -0.15) is 0 Å². The minimum absolute atomic E-state index is 0.0946. The van der Waals surface area contributed by atoms with Gasteiger partial charge < -0.3 is 5.32 Å². The summed E-state index contributed by atoms with van der Waals surface area (Å²) in [6.45, 7) is 6.65. The molecule has 0 spiro atoms. The van der Waals surface area contributed by atoms with E-state index in [1.807, 2.05) is 68.4 Å². The van der Waals surface area contributed by atoms with Crippen LogP contribution in [0.1, 0.15) is 22.4 Å². The molecule has 2 aromatic carbocycles. The van der Waals surface area contributed by atoms with Crippen LogP contribution in [0, 0.1) is 20.8 Å². The monoisotopic (exact) mass is 446 g/mol. The molecule has 0 aliphatic rings. The van der Waals surface area contributed by atoms with Crippen LogP contribution < -0.4 is 10.9 Å². The largest absolute Gasteiger partial charge is 0.324 e. The lowest BCUT2D eigenvalue weighted by molar-refractivity contribution is -0.117. The molecule has 4 rings (SSSR count). The number of aryl methyl sites for hydroxylation is 3. The van der Waals surface area contributed by atoms with Gasteiger partial charge in [-0.25, -0.2) is 4.98 Å². The Balaban J connectivity index is 1.48. The van der Waals surface area contributed by atoms with E-state index in [-0.39, 0.29) is 18.0 Å². The third kappa shape index (κ3) is 4.64. The summed E-state index contributed by atoms with van der Waals surface area (Å²) in [5.41, 5.74) is 6.47. The fraction of sp³-hybridized carbons (Fsp3) is 0.240. The number of likely N-dealkylation sites (N-methyl/N-ethyl adjacent to an activating group) is 1. The van der Waals surface area contributed by atoms with Gasteiger partial charge in [0.1, 0.15) is 0 Å². The first-order valence-electron chi connectivity index (χ1n) is 10.4. The molecule has 164 valence electrons. The molecule has 0 bridgehead atoms. The average Bonchev–Trinajstić information content (AvgIpc) is 3.16. The van der Waals surface area contributed by atoms with Crippen molar-refractivity contribution in [1.29, 1.82) is 0 Å². The van der Waals surface area contributed by atoms with Gasteiger partial charge >= 0.3 is 0 Å². The molecule has 0 aliphatic heterocycles. The number of benzene rings is 2. The number of anilines is 1. The Hall–Kier alpha value is -3.29. The highest BCUT2D eigenvalue weighted by Gasteiger charge is 2.14. The van der Waals surface area contributed by atoms with Gasteiger partial charge in [-0.15, -0.1) is 11.3 Å². The number of amides is 1. The number of aromatic nitrogens is 2. The second kappa shape index (κ2) is 9.06. The highest BCUT2D eigenvalue weighted by Crippen LogP contribution is 2.24. The van der Waals surface area contributed by atoms with Crippen molar-refractivity contribution in [3.63, 3.8) is 0 Å². The van der Waals surface area contributed by atoms with Gasteiger partial charge in [0.15, 0.2) is 4.96 Å². The van der Waals surface area contributed by atoms with Gasteiger partial charge in [-0.1, -0.05) is 48.0 Å². The van der Waals surface area contributed by atoms with Crippen LogP contribution in [0.15, 0.2) is 58.7 Å². The highest BCUT2D eigenvalue weighted by atomic mass is 32.1. The second-order valence-electron chi connectivity index (χ2n) is 8.18. The van der Waals surface area contributed by atoms with E-state index in [0.29, 0.717) is 17.2 Å². The minimum Gasteiger partial charge on any atom is -0.324 e. The fourth-order valence-corrected chi connectivity index (χ4v) is 4.91. The molecule has 32 heavy (non-hydrogen) atoms. The number of carbonyl (C=O) groups excluding carboxylic acids is 1. The maximum atomic E-state index is 12.8. The van der Waals surface area contributed by atoms with Gasteiger partial charge in [0, 0.05) is 23.7 Å². The zero-order chi connectivity index (χ0) is 22.8. The number of hydrogen-bond donors (Lipinski definition) is 1. The molecule has 0 saturated carbocycles. The molecular formula is C25H26N4O2S. The zero-order valence-electron chi connectivity index (χ0n) is 18.7. The lowest BCUT2D eigenvalue weighted by Crippen LogP contribution is -2.31. The van der Waals surface area contributed by atoms with E-state index in [1.54, 1.807) is 10.5 Å². The number of hydrogen-bond acceptors (Lipinski definition) is 5. The zero-order valence-corrected chi connectivity index (χ0v) is 19.5. The summed E-state index contributed by atoms with van der Waals surface area (Å²) in [5, 5.41) is 4.97. The topological polar surface area (TPSA) is 66.7 Å². The van der Waals surface area contributed by atoms with E-state index >= 15 is 0 Å². The first-order chi connectivity index (χ1) is 15.3. The number of carbonyl (C=O) groups is 1. The van der Waals surface area contributed by atoms with Crippen molar-refractivity contribution in [2.75, 3.05) is 18.9 Å². The van der Waals surface area contributed by atoms with Gasteiger partial charge in [-0.3, -0.25) is 18.9 Å². The molecule has 0 fully saturated rings. The summed E-state index contributed by atoms with van der Waals surface area (Å²) in [5.74, 6) is -0.0946. The Morgan fingerprint density at radius 3 is 2.47 bits per heavy atom. The molecule has 1 amide bonds. The van der Waals surface area contributed by atoms with Crippen molar-refractivity contribution in [1.82, 2.24) is 14.3 Å². The molecule has 2 heterocycles. The average molecular weight is 447 g/mol. The molecule has 0 atom stereocenters. The van der Waals surface area contributed by atoms with E-state index in [0.717, 1.165) is 28.1 Å². The third-order valence-corrected chi connectivity index (χ3v) is 6.14. The molecule has 1 N–H and O–H groups in total. The molecule has 0 unspecified atom stereocenters. The first-order valence-corrected chi connectivity index (χ1v) is 11.3. The van der Waals surface area contributed by atoms with E-state index in [4.69, 9.17) is 0 Å². The predicted molar refractivity (Wildman–Crippen MR) is 130 cm³/mol. The Kier molecular flexibility index (Phi) is 6.21. The fourth-order valence-electron chi connectivity index (χ4n) is 3.99. The maximum absolute atomic E-state index is 12.8.